The van der Waals surface area contributed by atoms with E-state index in [4.69, 9.17) is 10.5 Å². The van der Waals surface area contributed by atoms with Crippen LogP contribution in [0.5, 0.6) is 5.75 Å². The number of ether oxygens (including phenoxy) is 1. The van der Waals surface area contributed by atoms with Crippen LogP contribution in [0.2, 0.25) is 0 Å². The molecule has 1 aromatic carbocycles. The number of nitrogens with two attached hydrogens (primary N) is 1. The first kappa shape index (κ1) is 21.1. The van der Waals surface area contributed by atoms with Crippen LogP contribution in [-0.4, -0.2) is 39.5 Å². The number of urea groups is 1. The Morgan fingerprint density at radius 1 is 1.26 bits per heavy atom. The Morgan fingerprint density at radius 2 is 1.89 bits per heavy atom. The smallest absolute Gasteiger partial charge is 0.322 e. The molecule has 150 valence electrons. The third kappa shape index (κ3) is 4.07. The monoisotopic (exact) mass is 398 g/mol. The van der Waals surface area contributed by atoms with Crippen LogP contribution >= 0.6 is 0 Å². The lowest BCUT2D eigenvalue weighted by Crippen LogP contribution is -2.49. The van der Waals surface area contributed by atoms with Crippen LogP contribution in [0.25, 0.3) is 0 Å². The first-order chi connectivity index (χ1) is 12.5. The molecule has 10 heteroatoms. The second-order valence-corrected chi connectivity index (χ2v) is 8.56. The Balaban J connectivity index is 2.42. The zero-order valence-corrected chi connectivity index (χ0v) is 16.7. The van der Waals surface area contributed by atoms with Crippen LogP contribution < -0.4 is 25.8 Å². The van der Waals surface area contributed by atoms with Gasteiger partial charge in [-0.1, -0.05) is 13.8 Å². The number of rotatable bonds is 8. The van der Waals surface area contributed by atoms with Crippen LogP contribution in [0, 0.1) is 0 Å². The maximum Gasteiger partial charge on any atom is 0.322 e. The molecule has 1 fully saturated rings. The van der Waals surface area contributed by atoms with Crippen molar-refractivity contribution in [3.8, 4) is 5.75 Å². The van der Waals surface area contributed by atoms with Crippen molar-refractivity contribution < 1.29 is 22.7 Å². The van der Waals surface area contributed by atoms with Gasteiger partial charge < -0.3 is 15.8 Å². The van der Waals surface area contributed by atoms with Crippen molar-refractivity contribution in [3.63, 3.8) is 0 Å². The highest BCUT2D eigenvalue weighted by molar-refractivity contribution is 7.89. The van der Waals surface area contributed by atoms with E-state index in [-0.39, 0.29) is 22.8 Å². The Morgan fingerprint density at radius 3 is 2.37 bits per heavy atom. The molecule has 27 heavy (non-hydrogen) atoms. The first-order valence-electron chi connectivity index (χ1n) is 8.62. The minimum Gasteiger partial charge on any atom is -0.496 e. The molecule has 1 unspecified atom stereocenters. The standard InChI is InChI=1S/C17H26N4O5S/c1-5-17(18,6-2)10-19-27(24,25)11-7-8-13(26-4)12(9-11)16(3)14(22)20-15(23)21-16/h7-9,19H,5-6,10,18H2,1-4H3,(H2,20,21,22,23). The van der Waals surface area contributed by atoms with E-state index in [0.717, 1.165) is 0 Å². The molecule has 0 saturated carbocycles. The number of carbonyl (C=O) groups is 2. The zero-order valence-electron chi connectivity index (χ0n) is 15.9. The van der Waals surface area contributed by atoms with Gasteiger partial charge in [-0.25, -0.2) is 17.9 Å². The van der Waals surface area contributed by atoms with E-state index in [1.165, 1.54) is 32.2 Å². The van der Waals surface area contributed by atoms with E-state index in [0.29, 0.717) is 12.8 Å². The zero-order chi connectivity index (χ0) is 20.5. The predicted octanol–water partition coefficient (Wildman–Crippen LogP) is 0.546. The van der Waals surface area contributed by atoms with Gasteiger partial charge in [0.05, 0.1) is 12.0 Å². The maximum atomic E-state index is 12.7. The summed E-state index contributed by atoms with van der Waals surface area (Å²) in [7, 11) is -2.48. The fourth-order valence-corrected chi connectivity index (χ4v) is 3.96. The molecule has 0 radical (unpaired) electrons. The average molecular weight is 398 g/mol. The van der Waals surface area contributed by atoms with Gasteiger partial charge in [-0.3, -0.25) is 10.1 Å². The largest absolute Gasteiger partial charge is 0.496 e. The fourth-order valence-electron chi connectivity index (χ4n) is 2.80. The molecule has 0 aliphatic carbocycles. The van der Waals surface area contributed by atoms with Crippen molar-refractivity contribution in [2.45, 2.75) is 49.6 Å². The van der Waals surface area contributed by atoms with Crippen LogP contribution in [0.3, 0.4) is 0 Å². The third-order valence-corrected chi connectivity index (χ3v) is 6.49. The van der Waals surface area contributed by atoms with Crippen LogP contribution in [-0.2, 0) is 20.4 Å². The van der Waals surface area contributed by atoms with Gasteiger partial charge in [-0.15, -0.1) is 0 Å². The fraction of sp³-hybridized carbons (Fsp3) is 0.529. The number of carbonyl (C=O) groups excluding carboxylic acids is 2. The number of hydrogen-bond donors (Lipinski definition) is 4. The minimum atomic E-state index is -3.88. The van der Waals surface area contributed by atoms with Gasteiger partial charge >= 0.3 is 6.03 Å². The summed E-state index contributed by atoms with van der Waals surface area (Å²) in [5.74, 6) is -0.310. The molecule has 3 amide bonds. The summed E-state index contributed by atoms with van der Waals surface area (Å²) in [5.41, 5.74) is 4.31. The van der Waals surface area contributed by atoms with Crippen molar-refractivity contribution in [2.75, 3.05) is 13.7 Å². The summed E-state index contributed by atoms with van der Waals surface area (Å²) in [6.45, 7) is 5.35. The highest BCUT2D eigenvalue weighted by Crippen LogP contribution is 2.34. The Kier molecular flexibility index (Phi) is 5.83. The number of imide groups is 1. The summed E-state index contributed by atoms with van der Waals surface area (Å²) in [5, 5.41) is 4.66. The Bertz CT molecular complexity index is 851. The van der Waals surface area contributed by atoms with E-state index in [1.807, 2.05) is 13.8 Å². The van der Waals surface area contributed by atoms with Gasteiger partial charge in [0.2, 0.25) is 10.0 Å². The lowest BCUT2D eigenvalue weighted by molar-refractivity contribution is -0.123. The highest BCUT2D eigenvalue weighted by atomic mass is 32.2. The molecule has 1 aromatic rings. The van der Waals surface area contributed by atoms with Gasteiger partial charge in [0.1, 0.15) is 11.3 Å². The number of benzene rings is 1. The van der Waals surface area contributed by atoms with Gasteiger partial charge in [-0.05, 0) is 38.0 Å². The van der Waals surface area contributed by atoms with Gasteiger partial charge in [0, 0.05) is 17.6 Å². The average Bonchev–Trinajstić information content (AvgIpc) is 2.91. The van der Waals surface area contributed by atoms with E-state index in [1.54, 1.807) is 0 Å². The number of sulfonamides is 1. The maximum absolute atomic E-state index is 12.7. The van der Waals surface area contributed by atoms with Crippen molar-refractivity contribution >= 4 is 22.0 Å². The lowest BCUT2D eigenvalue weighted by atomic mass is 9.91. The molecule has 0 spiro atoms. The normalized spacial score (nSPS) is 20.3. The molecule has 1 aliphatic rings. The predicted molar refractivity (Wildman–Crippen MR) is 99.7 cm³/mol. The van der Waals surface area contributed by atoms with E-state index >= 15 is 0 Å². The topological polar surface area (TPSA) is 140 Å². The van der Waals surface area contributed by atoms with Gasteiger partial charge in [-0.2, -0.15) is 0 Å². The molecule has 1 saturated heterocycles. The van der Waals surface area contributed by atoms with Crippen molar-refractivity contribution in [1.82, 2.24) is 15.4 Å². The van der Waals surface area contributed by atoms with E-state index < -0.39 is 33.0 Å². The molecule has 0 bridgehead atoms. The summed E-state index contributed by atoms with van der Waals surface area (Å²) >= 11 is 0. The van der Waals surface area contributed by atoms with Crippen LogP contribution in [0.15, 0.2) is 23.1 Å². The van der Waals surface area contributed by atoms with Crippen LogP contribution in [0.4, 0.5) is 4.79 Å². The van der Waals surface area contributed by atoms with Crippen molar-refractivity contribution in [3.05, 3.63) is 23.8 Å². The van der Waals surface area contributed by atoms with Gasteiger partial charge in [0.25, 0.3) is 5.91 Å². The SMILES string of the molecule is CCC(N)(CC)CNS(=O)(=O)c1ccc(OC)c(C2(C)NC(=O)NC2=O)c1. The molecule has 9 nitrogen and oxygen atoms in total. The molecule has 0 aromatic heterocycles. The summed E-state index contributed by atoms with van der Waals surface area (Å²) in [6.07, 6.45) is 1.23. The second kappa shape index (κ2) is 7.45. The van der Waals surface area contributed by atoms with E-state index in [2.05, 4.69) is 15.4 Å². The lowest BCUT2D eigenvalue weighted by Gasteiger charge is -2.27. The molecule has 1 atom stereocenters. The number of amides is 3. The Hall–Kier alpha value is -2.17. The molecule has 2 rings (SSSR count). The number of methoxy groups -OCH3 is 1. The second-order valence-electron chi connectivity index (χ2n) is 6.79. The molecule has 5 N–H and O–H groups in total. The third-order valence-electron chi connectivity index (χ3n) is 5.09. The Labute approximate surface area is 159 Å². The molecular weight excluding hydrogens is 372 g/mol. The van der Waals surface area contributed by atoms with Gasteiger partial charge in [0.15, 0.2) is 0 Å². The minimum absolute atomic E-state index is 0.0527. The molecular formula is C17H26N4O5S. The molecule has 1 heterocycles. The quantitative estimate of drug-likeness (QED) is 0.471. The highest BCUT2D eigenvalue weighted by Gasteiger charge is 2.45. The summed E-state index contributed by atoms with van der Waals surface area (Å²) < 4.78 is 33.2. The number of hydrogen-bond acceptors (Lipinski definition) is 6. The summed E-state index contributed by atoms with van der Waals surface area (Å²) in [6, 6.07) is 3.48. The summed E-state index contributed by atoms with van der Waals surface area (Å²) in [4.78, 5) is 23.8. The van der Waals surface area contributed by atoms with Crippen molar-refractivity contribution in [1.29, 1.82) is 0 Å². The van der Waals surface area contributed by atoms with Crippen molar-refractivity contribution in [2.24, 2.45) is 5.73 Å². The first-order valence-corrected chi connectivity index (χ1v) is 10.1. The van der Waals surface area contributed by atoms with E-state index in [9.17, 15) is 18.0 Å². The number of nitrogens with one attached hydrogen (secondary N) is 3. The van der Waals surface area contributed by atoms with Crippen LogP contribution in [0.1, 0.15) is 39.2 Å². The molecule has 1 aliphatic heterocycles.